The molecule has 2 saturated heterocycles. The Morgan fingerprint density at radius 2 is 1.86 bits per heavy atom. The summed E-state index contributed by atoms with van der Waals surface area (Å²) in [5.41, 5.74) is -0.0755. The molecule has 2 heterocycles. The first-order valence-electron chi connectivity index (χ1n) is 12.0. The second-order valence-corrected chi connectivity index (χ2v) is 9.98. The highest BCUT2D eigenvalue weighted by Crippen LogP contribution is 2.33. The fraction of sp³-hybridized carbons (Fsp3) is 0.542. The number of ketones is 2. The first-order chi connectivity index (χ1) is 17.3. The van der Waals surface area contributed by atoms with Gasteiger partial charge in [-0.15, -0.1) is 0 Å². The fourth-order valence-electron chi connectivity index (χ4n) is 4.12. The zero-order valence-electron chi connectivity index (χ0n) is 20.1. The minimum Gasteiger partial charge on any atom is -0.507 e. The average Bonchev–Trinajstić information content (AvgIpc) is 3.40. The van der Waals surface area contributed by atoms with Crippen LogP contribution in [0.5, 0.6) is 5.75 Å². The van der Waals surface area contributed by atoms with E-state index in [0.29, 0.717) is 18.2 Å². The van der Waals surface area contributed by atoms with Crippen LogP contribution >= 0.6 is 11.8 Å². The molecule has 2 aliphatic heterocycles. The standard InChI is InChI=1S/C24H32N4O7S/c1-14(29)22(32)15-6-7-18(30)16(12-15)23(33)26-9-11-35-10-8-25-20(31)5-3-2-4-19-21-17(13-36-19)27-24(34)28-21/h6-7,12,17,19,21,30H,2-5,8-11,13H2,1H3,(H,25,31)(H,26,33)(H2,27,28,34). The number of carbonyl (C=O) groups is 5. The number of phenols is 1. The number of aromatic hydroxyl groups is 1. The number of Topliss-reactive ketones (excluding diaryl/α,β-unsaturated/α-hetero) is 2. The number of fused-ring (bicyclic) bond motifs is 1. The van der Waals surface area contributed by atoms with Crippen molar-refractivity contribution < 1.29 is 33.8 Å². The first kappa shape index (κ1) is 27.5. The fourth-order valence-corrected chi connectivity index (χ4v) is 5.67. The molecule has 3 unspecified atom stereocenters. The van der Waals surface area contributed by atoms with Crippen molar-refractivity contribution in [3.05, 3.63) is 29.3 Å². The molecule has 0 aromatic heterocycles. The van der Waals surface area contributed by atoms with Crippen molar-refractivity contribution in [1.29, 1.82) is 0 Å². The van der Waals surface area contributed by atoms with Crippen LogP contribution in [0, 0.1) is 0 Å². The summed E-state index contributed by atoms with van der Waals surface area (Å²) in [6, 6.07) is 3.96. The van der Waals surface area contributed by atoms with E-state index in [-0.39, 0.29) is 60.7 Å². The lowest BCUT2D eigenvalue weighted by atomic mass is 10.0. The lowest BCUT2D eigenvalue weighted by molar-refractivity contribution is -0.121. The van der Waals surface area contributed by atoms with Crippen LogP contribution in [0.1, 0.15) is 53.3 Å². The molecule has 12 heteroatoms. The third-order valence-electron chi connectivity index (χ3n) is 6.00. The number of nitrogens with one attached hydrogen (secondary N) is 4. The predicted molar refractivity (Wildman–Crippen MR) is 133 cm³/mol. The quantitative estimate of drug-likeness (QED) is 0.104. The molecule has 0 bridgehead atoms. The van der Waals surface area contributed by atoms with Crippen molar-refractivity contribution in [2.75, 3.05) is 32.1 Å². The molecular formula is C24H32N4O7S. The second kappa shape index (κ2) is 13.3. The van der Waals surface area contributed by atoms with Gasteiger partial charge in [0.25, 0.3) is 5.91 Å². The number of carbonyl (C=O) groups excluding carboxylic acids is 5. The van der Waals surface area contributed by atoms with Crippen LogP contribution in [0.15, 0.2) is 18.2 Å². The number of unbranched alkanes of at least 4 members (excludes halogenated alkanes) is 1. The molecule has 196 valence electrons. The van der Waals surface area contributed by atoms with E-state index in [4.69, 9.17) is 4.74 Å². The maximum Gasteiger partial charge on any atom is 0.315 e. The molecule has 0 aliphatic carbocycles. The average molecular weight is 521 g/mol. The van der Waals surface area contributed by atoms with Crippen LogP contribution in [-0.2, 0) is 14.3 Å². The number of ether oxygens (including phenoxy) is 1. The summed E-state index contributed by atoms with van der Waals surface area (Å²) < 4.78 is 5.40. The van der Waals surface area contributed by atoms with Gasteiger partial charge in [-0.05, 0) is 31.0 Å². The Balaban J connectivity index is 1.22. The minimum atomic E-state index is -0.739. The molecule has 11 nitrogen and oxygen atoms in total. The maximum absolute atomic E-state index is 12.3. The summed E-state index contributed by atoms with van der Waals surface area (Å²) >= 11 is 1.86. The van der Waals surface area contributed by atoms with Crippen molar-refractivity contribution in [3.63, 3.8) is 0 Å². The van der Waals surface area contributed by atoms with Gasteiger partial charge in [0.1, 0.15) is 5.75 Å². The topological polar surface area (TPSA) is 163 Å². The Labute approximate surface area is 213 Å². The Kier molecular flexibility index (Phi) is 10.1. The highest BCUT2D eigenvalue weighted by molar-refractivity contribution is 8.00. The van der Waals surface area contributed by atoms with E-state index in [1.165, 1.54) is 18.2 Å². The van der Waals surface area contributed by atoms with Crippen molar-refractivity contribution in [1.82, 2.24) is 21.3 Å². The van der Waals surface area contributed by atoms with E-state index >= 15 is 0 Å². The van der Waals surface area contributed by atoms with Gasteiger partial charge < -0.3 is 31.1 Å². The van der Waals surface area contributed by atoms with Gasteiger partial charge in [-0.3, -0.25) is 19.2 Å². The molecule has 0 radical (unpaired) electrons. The second-order valence-electron chi connectivity index (χ2n) is 8.70. The Bertz CT molecular complexity index is 1000. The van der Waals surface area contributed by atoms with Crippen molar-refractivity contribution in [3.8, 4) is 5.75 Å². The molecule has 2 aliphatic rings. The van der Waals surface area contributed by atoms with Crippen LogP contribution in [0.3, 0.4) is 0 Å². The van der Waals surface area contributed by atoms with Crippen molar-refractivity contribution in [2.24, 2.45) is 0 Å². The summed E-state index contributed by atoms with van der Waals surface area (Å²) in [7, 11) is 0. The summed E-state index contributed by atoms with van der Waals surface area (Å²) in [4.78, 5) is 58.7. The molecule has 3 atom stereocenters. The maximum atomic E-state index is 12.3. The van der Waals surface area contributed by atoms with Crippen LogP contribution < -0.4 is 21.3 Å². The van der Waals surface area contributed by atoms with E-state index in [0.717, 1.165) is 31.9 Å². The number of benzene rings is 1. The molecule has 0 saturated carbocycles. The normalized spacial score (nSPS) is 20.2. The van der Waals surface area contributed by atoms with E-state index < -0.39 is 17.5 Å². The molecule has 1 aromatic rings. The van der Waals surface area contributed by atoms with Crippen molar-refractivity contribution in [2.45, 2.75) is 49.9 Å². The number of hydrogen-bond donors (Lipinski definition) is 5. The summed E-state index contributed by atoms with van der Waals surface area (Å²) in [5, 5.41) is 21.5. The lowest BCUT2D eigenvalue weighted by Gasteiger charge is -2.16. The molecule has 2 fully saturated rings. The van der Waals surface area contributed by atoms with E-state index in [1.807, 2.05) is 11.8 Å². The third kappa shape index (κ3) is 7.69. The number of hydrogen-bond acceptors (Lipinski definition) is 8. The van der Waals surface area contributed by atoms with Gasteiger partial charge in [0.2, 0.25) is 11.7 Å². The van der Waals surface area contributed by atoms with Gasteiger partial charge in [-0.1, -0.05) is 6.42 Å². The molecule has 1 aromatic carbocycles. The smallest absolute Gasteiger partial charge is 0.315 e. The first-order valence-corrected chi connectivity index (χ1v) is 13.0. The Hall–Kier alpha value is -3.12. The van der Waals surface area contributed by atoms with E-state index in [2.05, 4.69) is 21.3 Å². The van der Waals surface area contributed by atoms with E-state index in [9.17, 15) is 29.1 Å². The molecule has 5 N–H and O–H groups in total. The minimum absolute atomic E-state index is 0.0307. The summed E-state index contributed by atoms with van der Waals surface area (Å²) in [6.45, 7) is 2.12. The molecule has 0 spiro atoms. The molecule has 4 amide bonds. The van der Waals surface area contributed by atoms with Crippen LogP contribution in [0.2, 0.25) is 0 Å². The third-order valence-corrected chi connectivity index (χ3v) is 7.51. The monoisotopic (exact) mass is 520 g/mol. The summed E-state index contributed by atoms with van der Waals surface area (Å²) in [5.74, 6) is -1.42. The number of amides is 4. The van der Waals surface area contributed by atoms with Crippen molar-refractivity contribution >= 4 is 41.2 Å². The highest BCUT2D eigenvalue weighted by atomic mass is 32.2. The molecular weight excluding hydrogens is 488 g/mol. The number of phenolic OH excluding ortho intramolecular Hbond substituents is 1. The number of thioether (sulfide) groups is 1. The lowest BCUT2D eigenvalue weighted by Crippen LogP contribution is -2.36. The molecule has 3 rings (SSSR count). The van der Waals surface area contributed by atoms with Gasteiger partial charge in [0, 0.05) is 43.0 Å². The van der Waals surface area contributed by atoms with Crippen LogP contribution in [0.4, 0.5) is 4.79 Å². The number of urea groups is 1. The molecule has 36 heavy (non-hydrogen) atoms. The van der Waals surface area contributed by atoms with Gasteiger partial charge in [0.05, 0.1) is 30.9 Å². The largest absolute Gasteiger partial charge is 0.507 e. The SMILES string of the molecule is CC(=O)C(=O)c1ccc(O)c(C(=O)NCCOCCNC(=O)CCCCC2SCC3NC(=O)NC32)c1. The van der Waals surface area contributed by atoms with Gasteiger partial charge in [-0.2, -0.15) is 11.8 Å². The zero-order valence-corrected chi connectivity index (χ0v) is 20.9. The van der Waals surface area contributed by atoms with Crippen LogP contribution in [0.25, 0.3) is 0 Å². The van der Waals surface area contributed by atoms with Gasteiger partial charge in [-0.25, -0.2) is 4.79 Å². The van der Waals surface area contributed by atoms with Gasteiger partial charge >= 0.3 is 6.03 Å². The van der Waals surface area contributed by atoms with E-state index in [1.54, 1.807) is 0 Å². The predicted octanol–water partition coefficient (Wildman–Crippen LogP) is 0.752. The zero-order chi connectivity index (χ0) is 26.1. The number of rotatable bonds is 14. The van der Waals surface area contributed by atoms with Crippen LogP contribution in [-0.4, -0.2) is 83.9 Å². The Morgan fingerprint density at radius 1 is 1.11 bits per heavy atom. The van der Waals surface area contributed by atoms with Gasteiger partial charge in [0.15, 0.2) is 5.78 Å². The highest BCUT2D eigenvalue weighted by Gasteiger charge is 2.42. The Morgan fingerprint density at radius 3 is 2.61 bits per heavy atom. The summed E-state index contributed by atoms with van der Waals surface area (Å²) in [6.07, 6.45) is 3.09.